The number of carbonyl (C=O) groups excluding carboxylic acids is 1. The van der Waals surface area contributed by atoms with Gasteiger partial charge >= 0.3 is 10.1 Å². The summed E-state index contributed by atoms with van der Waals surface area (Å²) >= 11 is 0. The summed E-state index contributed by atoms with van der Waals surface area (Å²) < 4.78 is 49.1. The Morgan fingerprint density at radius 3 is 2.33 bits per heavy atom. The van der Waals surface area contributed by atoms with Crippen LogP contribution >= 0.6 is 0 Å². The van der Waals surface area contributed by atoms with Gasteiger partial charge in [0, 0.05) is 17.3 Å². The predicted octanol–water partition coefficient (Wildman–Crippen LogP) is 4.46. The van der Waals surface area contributed by atoms with E-state index in [2.05, 4.69) is 5.32 Å². The Morgan fingerprint density at radius 1 is 1.06 bits per heavy atom. The van der Waals surface area contributed by atoms with Crippen molar-refractivity contribution in [2.24, 2.45) is 0 Å². The van der Waals surface area contributed by atoms with Crippen molar-refractivity contribution in [1.29, 1.82) is 5.26 Å². The van der Waals surface area contributed by atoms with Gasteiger partial charge in [0.25, 0.3) is 5.91 Å². The molecule has 0 aromatic heterocycles. The summed E-state index contributed by atoms with van der Waals surface area (Å²) in [5, 5.41) is 12.0. The van der Waals surface area contributed by atoms with Gasteiger partial charge in [0.05, 0.1) is 7.11 Å². The zero-order chi connectivity index (χ0) is 24.0. The van der Waals surface area contributed by atoms with Gasteiger partial charge in [0.2, 0.25) is 0 Å². The fourth-order valence-corrected chi connectivity index (χ4v) is 3.69. The number of ether oxygens (including phenoxy) is 1. The number of hydrogen-bond donors (Lipinski definition) is 1. The number of anilines is 1. The summed E-state index contributed by atoms with van der Waals surface area (Å²) in [7, 11) is -2.79. The Bertz CT molecular complexity index is 1340. The first kappa shape index (κ1) is 23.5. The van der Waals surface area contributed by atoms with Gasteiger partial charge in [-0.05, 0) is 61.5 Å². The van der Waals surface area contributed by atoms with Gasteiger partial charge < -0.3 is 14.2 Å². The molecule has 1 amide bonds. The van der Waals surface area contributed by atoms with Gasteiger partial charge in [0.15, 0.2) is 5.75 Å². The van der Waals surface area contributed by atoms with E-state index in [4.69, 9.17) is 8.92 Å². The number of nitrogens with zero attached hydrogens (tertiary/aromatic N) is 1. The number of aryl methyl sites for hydroxylation is 1. The highest BCUT2D eigenvalue weighted by molar-refractivity contribution is 7.87. The number of nitrogens with one attached hydrogen (secondary N) is 1. The van der Waals surface area contributed by atoms with Crippen LogP contribution in [-0.2, 0) is 14.9 Å². The molecule has 33 heavy (non-hydrogen) atoms. The van der Waals surface area contributed by atoms with Gasteiger partial charge in [0.1, 0.15) is 28.1 Å². The summed E-state index contributed by atoms with van der Waals surface area (Å²) in [4.78, 5) is 12.5. The number of nitriles is 1. The van der Waals surface area contributed by atoms with Crippen LogP contribution < -0.4 is 14.2 Å². The van der Waals surface area contributed by atoms with Crippen LogP contribution in [0.2, 0.25) is 0 Å². The third-order valence-corrected chi connectivity index (χ3v) is 5.75. The van der Waals surface area contributed by atoms with E-state index >= 15 is 0 Å². The molecule has 0 radical (unpaired) electrons. The summed E-state index contributed by atoms with van der Waals surface area (Å²) in [6.45, 7) is 1.82. The van der Waals surface area contributed by atoms with Gasteiger partial charge in [-0.3, -0.25) is 4.79 Å². The maximum absolute atomic E-state index is 13.1. The topological polar surface area (TPSA) is 105 Å². The molecular weight excluding hydrogens is 447 g/mol. The SMILES string of the molecule is COc1ccc(/C=C(\C#N)C(=O)Nc2ccc(F)cc2)c(OS(=O)(=O)c2ccc(C)cc2)c1. The van der Waals surface area contributed by atoms with Gasteiger partial charge in [-0.15, -0.1) is 0 Å². The molecule has 0 saturated heterocycles. The molecule has 0 saturated carbocycles. The average Bonchev–Trinajstić information content (AvgIpc) is 2.79. The molecular formula is C24H19FN2O5S. The van der Waals surface area contributed by atoms with Gasteiger partial charge in [-0.1, -0.05) is 17.7 Å². The quantitative estimate of drug-likeness (QED) is 0.313. The first-order chi connectivity index (χ1) is 15.7. The van der Waals surface area contributed by atoms with Crippen LogP contribution in [-0.4, -0.2) is 21.4 Å². The first-order valence-electron chi connectivity index (χ1n) is 9.60. The molecule has 0 unspecified atom stereocenters. The van der Waals surface area contributed by atoms with Gasteiger partial charge in [-0.2, -0.15) is 13.7 Å². The Hall–Kier alpha value is -4.16. The lowest BCUT2D eigenvalue weighted by atomic mass is 10.1. The standard InChI is InChI=1S/C24H19FN2O5S/c1-16-3-11-22(12-4-16)33(29,30)32-23-14-21(31-2)10-5-17(23)13-18(15-26)24(28)27-20-8-6-19(25)7-9-20/h3-14H,1-2H3,(H,27,28)/b18-13+. The lowest BCUT2D eigenvalue weighted by Gasteiger charge is -2.12. The second kappa shape index (κ2) is 9.97. The summed E-state index contributed by atoms with van der Waals surface area (Å²) in [5.41, 5.74) is 1.01. The number of rotatable bonds is 7. The van der Waals surface area contributed by atoms with Crippen molar-refractivity contribution in [3.8, 4) is 17.6 Å². The monoisotopic (exact) mass is 466 g/mol. The zero-order valence-corrected chi connectivity index (χ0v) is 18.5. The van der Waals surface area contributed by atoms with Gasteiger partial charge in [-0.25, -0.2) is 4.39 Å². The van der Waals surface area contributed by atoms with Crippen LogP contribution in [0.15, 0.2) is 77.2 Å². The summed E-state index contributed by atoms with van der Waals surface area (Å²) in [6, 6.07) is 17.2. The molecule has 3 rings (SSSR count). The Labute approximate surface area is 190 Å². The Kier molecular flexibility index (Phi) is 7.10. The minimum absolute atomic E-state index is 0.0552. The second-order valence-electron chi connectivity index (χ2n) is 6.89. The molecule has 0 heterocycles. The number of benzene rings is 3. The molecule has 0 spiro atoms. The Balaban J connectivity index is 1.95. The highest BCUT2D eigenvalue weighted by atomic mass is 32.2. The molecule has 3 aromatic rings. The zero-order valence-electron chi connectivity index (χ0n) is 17.7. The van der Waals surface area contributed by atoms with E-state index in [0.717, 1.165) is 17.7 Å². The predicted molar refractivity (Wildman–Crippen MR) is 121 cm³/mol. The molecule has 3 aromatic carbocycles. The van der Waals surface area contributed by atoms with E-state index in [1.807, 2.05) is 6.92 Å². The van der Waals surface area contributed by atoms with E-state index in [1.54, 1.807) is 18.2 Å². The maximum atomic E-state index is 13.1. The number of amides is 1. The lowest BCUT2D eigenvalue weighted by Crippen LogP contribution is -2.14. The second-order valence-corrected chi connectivity index (χ2v) is 8.43. The first-order valence-corrected chi connectivity index (χ1v) is 11.0. The number of methoxy groups -OCH3 is 1. The highest BCUT2D eigenvalue weighted by Gasteiger charge is 2.20. The number of halogens is 1. The van der Waals surface area contributed by atoms with Crippen molar-refractivity contribution in [1.82, 2.24) is 0 Å². The number of hydrogen-bond acceptors (Lipinski definition) is 6. The Morgan fingerprint density at radius 2 is 1.73 bits per heavy atom. The average molecular weight is 466 g/mol. The van der Waals surface area contributed by atoms with Crippen molar-refractivity contribution in [3.05, 3.63) is 89.2 Å². The van der Waals surface area contributed by atoms with Crippen LogP contribution in [0.3, 0.4) is 0 Å². The lowest BCUT2D eigenvalue weighted by molar-refractivity contribution is -0.112. The highest BCUT2D eigenvalue weighted by Crippen LogP contribution is 2.30. The molecule has 0 aliphatic rings. The van der Waals surface area contributed by atoms with Crippen molar-refractivity contribution in [2.45, 2.75) is 11.8 Å². The number of carbonyl (C=O) groups is 1. The van der Waals surface area contributed by atoms with E-state index in [1.165, 1.54) is 55.7 Å². The van der Waals surface area contributed by atoms with Crippen LogP contribution in [0.4, 0.5) is 10.1 Å². The van der Waals surface area contributed by atoms with Crippen LogP contribution in [0.1, 0.15) is 11.1 Å². The van der Waals surface area contributed by atoms with E-state index < -0.39 is 21.8 Å². The normalized spacial score (nSPS) is 11.4. The third kappa shape index (κ3) is 5.96. The van der Waals surface area contributed by atoms with E-state index in [-0.39, 0.29) is 27.5 Å². The minimum Gasteiger partial charge on any atom is -0.497 e. The summed E-state index contributed by atoms with van der Waals surface area (Å²) in [6.07, 6.45) is 1.19. The molecule has 0 atom stereocenters. The fourth-order valence-electron chi connectivity index (χ4n) is 2.74. The maximum Gasteiger partial charge on any atom is 0.339 e. The molecule has 9 heteroatoms. The largest absolute Gasteiger partial charge is 0.497 e. The molecule has 7 nitrogen and oxygen atoms in total. The minimum atomic E-state index is -4.20. The van der Waals surface area contributed by atoms with E-state index in [0.29, 0.717) is 5.75 Å². The molecule has 0 bridgehead atoms. The molecule has 1 N–H and O–H groups in total. The van der Waals surface area contributed by atoms with Crippen molar-refractivity contribution >= 4 is 27.8 Å². The van der Waals surface area contributed by atoms with Crippen molar-refractivity contribution in [3.63, 3.8) is 0 Å². The molecule has 168 valence electrons. The third-order valence-electron chi connectivity index (χ3n) is 4.50. The molecule has 0 fully saturated rings. The molecule has 0 aliphatic carbocycles. The van der Waals surface area contributed by atoms with E-state index in [9.17, 15) is 22.9 Å². The van der Waals surface area contributed by atoms with Crippen molar-refractivity contribution in [2.75, 3.05) is 12.4 Å². The van der Waals surface area contributed by atoms with Crippen LogP contribution in [0.25, 0.3) is 6.08 Å². The summed E-state index contributed by atoms with van der Waals surface area (Å²) in [5.74, 6) is -1.04. The van der Waals surface area contributed by atoms with Crippen LogP contribution in [0.5, 0.6) is 11.5 Å². The van der Waals surface area contributed by atoms with Crippen LogP contribution in [0, 0.1) is 24.1 Å². The molecule has 0 aliphatic heterocycles. The smallest absolute Gasteiger partial charge is 0.339 e. The fraction of sp³-hybridized carbons (Fsp3) is 0.0833. The van der Waals surface area contributed by atoms with Crippen molar-refractivity contribution < 1.29 is 26.5 Å².